The number of hydrogen-bond donors (Lipinski definition) is 2. The zero-order chi connectivity index (χ0) is 15.8. The third-order valence-corrected chi connectivity index (χ3v) is 3.86. The summed E-state index contributed by atoms with van der Waals surface area (Å²) in [5.41, 5.74) is 5.93. The highest BCUT2D eigenvalue weighted by atomic mass is 35.5. The monoisotopic (exact) mass is 334 g/mol. The van der Waals surface area contributed by atoms with Gasteiger partial charge in [0.15, 0.2) is 0 Å². The van der Waals surface area contributed by atoms with E-state index in [0.29, 0.717) is 23.6 Å². The van der Waals surface area contributed by atoms with Crippen LogP contribution in [0.1, 0.15) is 50.6 Å². The lowest BCUT2D eigenvalue weighted by molar-refractivity contribution is -0.121. The number of benzene rings is 1. The molecule has 0 aliphatic carbocycles. The van der Waals surface area contributed by atoms with Gasteiger partial charge >= 0.3 is 0 Å². The molecule has 0 spiro atoms. The third kappa shape index (κ3) is 6.20. The molecule has 6 heteroatoms. The average Bonchev–Trinajstić information content (AvgIpc) is 2.42. The molecule has 0 aliphatic heterocycles. The number of carbonyl (C=O) groups excluding carboxylic acids is 1. The summed E-state index contributed by atoms with van der Waals surface area (Å²) < 4.78 is 13.5. The second-order valence-electron chi connectivity index (χ2n) is 5.03. The molecule has 0 fully saturated rings. The van der Waals surface area contributed by atoms with Gasteiger partial charge in [-0.1, -0.05) is 36.0 Å². The average molecular weight is 335 g/mol. The molecule has 0 aromatic heterocycles. The predicted octanol–water partition coefficient (Wildman–Crippen LogP) is 4.22. The molecule has 3 nitrogen and oxygen atoms in total. The van der Waals surface area contributed by atoms with Crippen LogP contribution in [0, 0.1) is 5.82 Å². The van der Waals surface area contributed by atoms with Crippen molar-refractivity contribution in [3.8, 4) is 0 Å². The maximum absolute atomic E-state index is 13.5. The van der Waals surface area contributed by atoms with E-state index in [1.165, 1.54) is 12.1 Å². The van der Waals surface area contributed by atoms with Crippen molar-refractivity contribution in [1.29, 1.82) is 0 Å². The SMILES string of the molecule is CC(NC(=O)CCCCCCN)c1cc(F)c(Cl)cc1Cl. The van der Waals surface area contributed by atoms with Crippen molar-refractivity contribution >= 4 is 29.1 Å². The first kappa shape index (κ1) is 18.2. The molecular formula is C15H21Cl2FN2O. The highest BCUT2D eigenvalue weighted by Gasteiger charge is 2.15. The topological polar surface area (TPSA) is 55.1 Å². The zero-order valence-corrected chi connectivity index (χ0v) is 13.6. The molecule has 1 amide bonds. The van der Waals surface area contributed by atoms with Gasteiger partial charge in [0.05, 0.1) is 11.1 Å². The maximum Gasteiger partial charge on any atom is 0.220 e. The van der Waals surface area contributed by atoms with Crippen LogP contribution in [0.5, 0.6) is 0 Å². The summed E-state index contributed by atoms with van der Waals surface area (Å²) >= 11 is 11.7. The number of nitrogens with two attached hydrogens (primary N) is 1. The quantitative estimate of drug-likeness (QED) is 0.552. The number of halogens is 3. The second kappa shape index (κ2) is 9.23. The van der Waals surface area contributed by atoms with Gasteiger partial charge in [0, 0.05) is 11.4 Å². The van der Waals surface area contributed by atoms with E-state index in [9.17, 15) is 9.18 Å². The van der Waals surface area contributed by atoms with Crippen molar-refractivity contribution in [2.75, 3.05) is 6.54 Å². The molecule has 1 aromatic rings. The fraction of sp³-hybridized carbons (Fsp3) is 0.533. The summed E-state index contributed by atoms with van der Waals surface area (Å²) in [5, 5.41) is 3.14. The molecule has 21 heavy (non-hydrogen) atoms. The van der Waals surface area contributed by atoms with Gasteiger partial charge in [-0.15, -0.1) is 0 Å². The maximum atomic E-state index is 13.5. The highest BCUT2D eigenvalue weighted by Crippen LogP contribution is 2.28. The van der Waals surface area contributed by atoms with Crippen LogP contribution in [0.2, 0.25) is 10.0 Å². The minimum absolute atomic E-state index is 0.0258. The molecule has 0 saturated heterocycles. The Morgan fingerprint density at radius 2 is 1.90 bits per heavy atom. The van der Waals surface area contributed by atoms with E-state index in [0.717, 1.165) is 25.7 Å². The van der Waals surface area contributed by atoms with Crippen molar-refractivity contribution in [3.05, 3.63) is 33.6 Å². The van der Waals surface area contributed by atoms with Crippen LogP contribution < -0.4 is 11.1 Å². The van der Waals surface area contributed by atoms with Crippen molar-refractivity contribution in [1.82, 2.24) is 5.32 Å². The highest BCUT2D eigenvalue weighted by molar-refractivity contribution is 6.35. The second-order valence-corrected chi connectivity index (χ2v) is 5.84. The van der Waals surface area contributed by atoms with Crippen molar-refractivity contribution in [2.45, 2.75) is 45.1 Å². The normalized spacial score (nSPS) is 12.2. The Bertz CT molecular complexity index is 483. The van der Waals surface area contributed by atoms with Crippen LogP contribution in [-0.4, -0.2) is 12.5 Å². The first-order valence-corrected chi connectivity index (χ1v) is 7.85. The molecule has 1 rings (SSSR count). The minimum Gasteiger partial charge on any atom is -0.350 e. The Labute approximate surface area is 135 Å². The van der Waals surface area contributed by atoms with Crippen LogP contribution in [0.4, 0.5) is 4.39 Å². The Morgan fingerprint density at radius 3 is 2.57 bits per heavy atom. The van der Waals surface area contributed by atoms with E-state index in [2.05, 4.69) is 5.32 Å². The number of unbranched alkanes of at least 4 members (excludes halogenated alkanes) is 3. The molecule has 0 aliphatic rings. The molecule has 1 atom stereocenters. The lowest BCUT2D eigenvalue weighted by atomic mass is 10.1. The van der Waals surface area contributed by atoms with E-state index in [-0.39, 0.29) is 17.0 Å². The van der Waals surface area contributed by atoms with E-state index in [1.807, 2.05) is 0 Å². The molecule has 3 N–H and O–H groups in total. The smallest absolute Gasteiger partial charge is 0.220 e. The Balaban J connectivity index is 2.47. The Hall–Kier alpha value is -0.840. The van der Waals surface area contributed by atoms with Crippen molar-refractivity contribution < 1.29 is 9.18 Å². The summed E-state index contributed by atoms with van der Waals surface area (Å²) in [6, 6.07) is 2.25. The largest absolute Gasteiger partial charge is 0.350 e. The lowest BCUT2D eigenvalue weighted by Gasteiger charge is -2.16. The molecule has 0 saturated carbocycles. The van der Waals surface area contributed by atoms with Gasteiger partial charge in [-0.3, -0.25) is 4.79 Å². The van der Waals surface area contributed by atoms with Crippen LogP contribution in [0.3, 0.4) is 0 Å². The van der Waals surface area contributed by atoms with E-state index < -0.39 is 5.82 Å². The summed E-state index contributed by atoms with van der Waals surface area (Å²) in [6.45, 7) is 2.45. The van der Waals surface area contributed by atoms with Crippen molar-refractivity contribution in [2.24, 2.45) is 5.73 Å². The van der Waals surface area contributed by atoms with Crippen LogP contribution in [-0.2, 0) is 4.79 Å². The van der Waals surface area contributed by atoms with Gasteiger partial charge < -0.3 is 11.1 Å². The van der Waals surface area contributed by atoms with Gasteiger partial charge in [0.2, 0.25) is 5.91 Å². The standard InChI is InChI=1S/C15H21Cl2FN2O/c1-10(11-8-14(18)13(17)9-12(11)16)20-15(21)6-4-2-3-5-7-19/h8-10H,2-7,19H2,1H3,(H,20,21). The number of hydrogen-bond acceptors (Lipinski definition) is 2. The molecule has 0 radical (unpaired) electrons. The van der Waals surface area contributed by atoms with Gasteiger partial charge in [0.25, 0.3) is 0 Å². The van der Waals surface area contributed by atoms with Crippen LogP contribution in [0.15, 0.2) is 12.1 Å². The molecule has 1 unspecified atom stereocenters. The van der Waals surface area contributed by atoms with Crippen molar-refractivity contribution in [3.63, 3.8) is 0 Å². The summed E-state index contributed by atoms with van der Waals surface area (Å²) in [7, 11) is 0. The Kier molecular flexibility index (Phi) is 8.01. The number of rotatable bonds is 8. The zero-order valence-electron chi connectivity index (χ0n) is 12.1. The molecule has 0 bridgehead atoms. The van der Waals surface area contributed by atoms with E-state index in [4.69, 9.17) is 28.9 Å². The predicted molar refractivity (Wildman–Crippen MR) is 85.1 cm³/mol. The first-order valence-electron chi connectivity index (χ1n) is 7.09. The number of nitrogens with one attached hydrogen (secondary N) is 1. The first-order chi connectivity index (χ1) is 9.95. The fourth-order valence-corrected chi connectivity index (χ4v) is 2.59. The molecular weight excluding hydrogens is 314 g/mol. The van der Waals surface area contributed by atoms with Gasteiger partial charge in [-0.25, -0.2) is 4.39 Å². The molecule has 118 valence electrons. The number of amides is 1. The van der Waals surface area contributed by atoms with E-state index in [1.54, 1.807) is 6.92 Å². The van der Waals surface area contributed by atoms with Gasteiger partial charge in [-0.05, 0) is 44.0 Å². The number of carbonyl (C=O) groups is 1. The molecule has 1 aromatic carbocycles. The summed E-state index contributed by atoms with van der Waals surface area (Å²) in [5.74, 6) is -0.611. The molecule has 0 heterocycles. The lowest BCUT2D eigenvalue weighted by Crippen LogP contribution is -2.26. The van der Waals surface area contributed by atoms with Crippen LogP contribution >= 0.6 is 23.2 Å². The third-order valence-electron chi connectivity index (χ3n) is 3.24. The Morgan fingerprint density at radius 1 is 1.24 bits per heavy atom. The van der Waals surface area contributed by atoms with Gasteiger partial charge in [-0.2, -0.15) is 0 Å². The summed E-state index contributed by atoms with van der Waals surface area (Å²) in [4.78, 5) is 11.8. The van der Waals surface area contributed by atoms with E-state index >= 15 is 0 Å². The fourth-order valence-electron chi connectivity index (χ4n) is 2.04. The van der Waals surface area contributed by atoms with Gasteiger partial charge in [0.1, 0.15) is 5.82 Å². The summed E-state index contributed by atoms with van der Waals surface area (Å²) in [6.07, 6.45) is 4.27. The minimum atomic E-state index is -0.543. The van der Waals surface area contributed by atoms with Crippen LogP contribution in [0.25, 0.3) is 0 Å².